The summed E-state index contributed by atoms with van der Waals surface area (Å²) in [6.45, 7) is 0.567. The van der Waals surface area contributed by atoms with Crippen LogP contribution >= 0.6 is 0 Å². The van der Waals surface area contributed by atoms with Gasteiger partial charge in [0, 0.05) is 16.4 Å². The van der Waals surface area contributed by atoms with Crippen LogP contribution in [0.1, 0.15) is 19.3 Å². The Morgan fingerprint density at radius 2 is 1.89 bits per heavy atom. The van der Waals surface area contributed by atoms with Crippen LogP contribution in [0.4, 0.5) is 0 Å². The fourth-order valence-corrected chi connectivity index (χ4v) is 4.91. The van der Waals surface area contributed by atoms with Crippen molar-refractivity contribution < 1.29 is 12.6 Å². The van der Waals surface area contributed by atoms with Crippen LogP contribution in [0.2, 0.25) is 0 Å². The maximum absolute atomic E-state index is 12.5. The average molecular weight is 301 g/mol. The molecule has 106 valence electrons. The van der Waals surface area contributed by atoms with Gasteiger partial charge in [-0.1, -0.05) is 6.42 Å². The van der Waals surface area contributed by atoms with E-state index in [0.29, 0.717) is 17.4 Å². The summed E-state index contributed by atoms with van der Waals surface area (Å²) in [6, 6.07) is 6.35. The molecule has 0 spiro atoms. The smallest absolute Gasteiger partial charge is 0.175 e. The molecule has 1 aliphatic carbocycles. The van der Waals surface area contributed by atoms with Gasteiger partial charge in [0.05, 0.1) is 15.7 Å². The number of benzene rings is 1. The molecule has 0 aliphatic heterocycles. The molecule has 19 heavy (non-hydrogen) atoms. The SMILES string of the molecule is CS(=O)(=O)c1ccc(S(=O)C2CCCC2CN)cc1. The van der Waals surface area contributed by atoms with Crippen molar-refractivity contribution in [1.29, 1.82) is 0 Å². The van der Waals surface area contributed by atoms with Crippen molar-refractivity contribution in [3.8, 4) is 0 Å². The zero-order valence-electron chi connectivity index (χ0n) is 10.9. The van der Waals surface area contributed by atoms with Crippen LogP contribution in [-0.2, 0) is 20.6 Å². The second-order valence-electron chi connectivity index (χ2n) is 5.01. The molecule has 0 bridgehead atoms. The molecule has 1 aromatic rings. The zero-order valence-corrected chi connectivity index (χ0v) is 12.5. The van der Waals surface area contributed by atoms with Gasteiger partial charge < -0.3 is 5.73 Å². The molecule has 0 saturated heterocycles. The molecule has 1 aliphatic rings. The van der Waals surface area contributed by atoms with Gasteiger partial charge in [-0.15, -0.1) is 0 Å². The van der Waals surface area contributed by atoms with Gasteiger partial charge in [-0.05, 0) is 49.6 Å². The Hall–Kier alpha value is -0.720. The van der Waals surface area contributed by atoms with Gasteiger partial charge in [0.1, 0.15) is 0 Å². The quantitative estimate of drug-likeness (QED) is 0.910. The summed E-state index contributed by atoms with van der Waals surface area (Å²) in [7, 11) is -4.30. The Morgan fingerprint density at radius 3 is 2.42 bits per heavy atom. The van der Waals surface area contributed by atoms with Crippen molar-refractivity contribution in [3.63, 3.8) is 0 Å². The summed E-state index contributed by atoms with van der Waals surface area (Å²) in [6.07, 6.45) is 4.21. The maximum Gasteiger partial charge on any atom is 0.175 e. The van der Waals surface area contributed by atoms with E-state index in [1.165, 1.54) is 18.4 Å². The van der Waals surface area contributed by atoms with E-state index in [1.54, 1.807) is 12.1 Å². The van der Waals surface area contributed by atoms with Crippen LogP contribution in [0.5, 0.6) is 0 Å². The van der Waals surface area contributed by atoms with Crippen molar-refractivity contribution in [1.82, 2.24) is 0 Å². The van der Waals surface area contributed by atoms with Crippen molar-refractivity contribution in [2.75, 3.05) is 12.8 Å². The van der Waals surface area contributed by atoms with E-state index in [2.05, 4.69) is 0 Å². The number of hydrogen-bond acceptors (Lipinski definition) is 4. The first kappa shape index (κ1) is 14.7. The largest absolute Gasteiger partial charge is 0.330 e. The van der Waals surface area contributed by atoms with E-state index < -0.39 is 20.6 Å². The average Bonchev–Trinajstić information content (AvgIpc) is 2.85. The number of hydrogen-bond donors (Lipinski definition) is 1. The lowest BCUT2D eigenvalue weighted by Crippen LogP contribution is -2.26. The molecule has 6 heteroatoms. The Morgan fingerprint density at radius 1 is 1.26 bits per heavy atom. The molecule has 4 nitrogen and oxygen atoms in total. The van der Waals surface area contributed by atoms with Gasteiger partial charge in [0.25, 0.3) is 0 Å². The number of rotatable bonds is 4. The first-order chi connectivity index (χ1) is 8.93. The van der Waals surface area contributed by atoms with E-state index in [0.717, 1.165) is 19.3 Å². The highest BCUT2D eigenvalue weighted by Gasteiger charge is 2.31. The van der Waals surface area contributed by atoms with E-state index in [4.69, 9.17) is 5.73 Å². The van der Waals surface area contributed by atoms with Crippen LogP contribution < -0.4 is 5.73 Å². The lowest BCUT2D eigenvalue weighted by molar-refractivity contribution is 0.557. The van der Waals surface area contributed by atoms with E-state index in [1.807, 2.05) is 0 Å². The Labute approximate surface area is 116 Å². The predicted molar refractivity (Wildman–Crippen MR) is 76.1 cm³/mol. The summed E-state index contributed by atoms with van der Waals surface area (Å²) in [5, 5.41) is 0.106. The summed E-state index contributed by atoms with van der Waals surface area (Å²) >= 11 is 0. The molecule has 0 radical (unpaired) electrons. The van der Waals surface area contributed by atoms with Gasteiger partial charge >= 0.3 is 0 Å². The minimum absolute atomic E-state index is 0.106. The van der Waals surface area contributed by atoms with Crippen LogP contribution in [0, 0.1) is 5.92 Å². The standard InChI is InChI=1S/C13H19NO3S2/c1-19(16,17)12-7-5-11(6-8-12)18(15)13-4-2-3-10(13)9-14/h5-8,10,13H,2-4,9,14H2,1H3. The fraction of sp³-hybridized carbons (Fsp3) is 0.538. The van der Waals surface area contributed by atoms with Crippen molar-refractivity contribution in [2.45, 2.75) is 34.3 Å². The molecular weight excluding hydrogens is 282 g/mol. The first-order valence-electron chi connectivity index (χ1n) is 6.34. The second kappa shape index (κ2) is 5.73. The molecule has 1 aromatic carbocycles. The Balaban J connectivity index is 2.21. The van der Waals surface area contributed by atoms with E-state index >= 15 is 0 Å². The molecule has 0 aromatic heterocycles. The summed E-state index contributed by atoms with van der Waals surface area (Å²) in [4.78, 5) is 0.952. The van der Waals surface area contributed by atoms with Crippen molar-refractivity contribution in [2.24, 2.45) is 11.7 Å². The van der Waals surface area contributed by atoms with Gasteiger partial charge in [0.2, 0.25) is 0 Å². The molecule has 3 unspecified atom stereocenters. The maximum atomic E-state index is 12.5. The highest BCUT2D eigenvalue weighted by molar-refractivity contribution is 7.90. The van der Waals surface area contributed by atoms with Gasteiger partial charge in [-0.3, -0.25) is 4.21 Å². The molecule has 2 rings (SSSR count). The normalized spacial score (nSPS) is 25.4. The number of sulfone groups is 1. The van der Waals surface area contributed by atoms with Crippen LogP contribution in [-0.4, -0.2) is 30.7 Å². The van der Waals surface area contributed by atoms with Crippen LogP contribution in [0.15, 0.2) is 34.1 Å². The lowest BCUT2D eigenvalue weighted by atomic mass is 10.1. The predicted octanol–water partition coefficient (Wildman–Crippen LogP) is 1.33. The molecule has 3 atom stereocenters. The fourth-order valence-electron chi connectivity index (χ4n) is 2.55. The highest BCUT2D eigenvalue weighted by atomic mass is 32.2. The van der Waals surface area contributed by atoms with E-state index in [9.17, 15) is 12.6 Å². The number of nitrogens with two attached hydrogens (primary N) is 1. The van der Waals surface area contributed by atoms with Crippen molar-refractivity contribution in [3.05, 3.63) is 24.3 Å². The van der Waals surface area contributed by atoms with Gasteiger partial charge in [-0.25, -0.2) is 8.42 Å². The van der Waals surface area contributed by atoms with Gasteiger partial charge in [0.15, 0.2) is 9.84 Å². The lowest BCUT2D eigenvalue weighted by Gasteiger charge is -2.17. The minimum Gasteiger partial charge on any atom is -0.330 e. The molecular formula is C13H19NO3S2. The second-order valence-corrected chi connectivity index (χ2v) is 8.69. The third-order valence-electron chi connectivity index (χ3n) is 3.65. The molecule has 1 saturated carbocycles. The highest BCUT2D eigenvalue weighted by Crippen LogP contribution is 2.31. The Kier molecular flexibility index (Phi) is 4.43. The summed E-state index contributed by atoms with van der Waals surface area (Å²) < 4.78 is 35.2. The third-order valence-corrected chi connectivity index (χ3v) is 6.69. The van der Waals surface area contributed by atoms with E-state index in [-0.39, 0.29) is 10.1 Å². The topological polar surface area (TPSA) is 77.2 Å². The van der Waals surface area contributed by atoms with Crippen LogP contribution in [0.3, 0.4) is 0 Å². The monoisotopic (exact) mass is 301 g/mol. The van der Waals surface area contributed by atoms with Gasteiger partial charge in [-0.2, -0.15) is 0 Å². The summed E-state index contributed by atoms with van der Waals surface area (Å²) in [5.74, 6) is 0.315. The third kappa shape index (κ3) is 3.24. The Bertz CT molecular complexity index is 566. The minimum atomic E-state index is -3.20. The van der Waals surface area contributed by atoms with Crippen molar-refractivity contribution >= 4 is 20.6 Å². The first-order valence-corrected chi connectivity index (χ1v) is 9.44. The van der Waals surface area contributed by atoms with Crippen LogP contribution in [0.25, 0.3) is 0 Å². The molecule has 1 fully saturated rings. The summed E-state index contributed by atoms with van der Waals surface area (Å²) in [5.41, 5.74) is 5.71. The molecule has 0 amide bonds. The zero-order chi connectivity index (χ0) is 14.0. The molecule has 0 heterocycles. The molecule has 2 N–H and O–H groups in total.